The standard InChI is InChI=1S/C22H18ClN3O4S/c1-14-7-3-6-10-18(14)25-21(27)17-11-15-8-4-5-9-16(15)12-19(17)30-31(28,29)22-20(23)26(2)13-24-22/h3-13H,1-2H3,(H,25,27). The Morgan fingerprint density at radius 3 is 2.35 bits per heavy atom. The summed E-state index contributed by atoms with van der Waals surface area (Å²) >= 11 is 6.04. The molecule has 1 aromatic heterocycles. The molecule has 0 spiro atoms. The van der Waals surface area contributed by atoms with E-state index in [1.54, 1.807) is 31.3 Å². The van der Waals surface area contributed by atoms with Crippen molar-refractivity contribution >= 4 is 44.1 Å². The van der Waals surface area contributed by atoms with Crippen LogP contribution in [-0.4, -0.2) is 23.9 Å². The monoisotopic (exact) mass is 455 g/mol. The quantitative estimate of drug-likeness (QED) is 0.446. The summed E-state index contributed by atoms with van der Waals surface area (Å²) in [5.74, 6) is -0.621. The Morgan fingerprint density at radius 1 is 1.06 bits per heavy atom. The number of aryl methyl sites for hydroxylation is 2. The van der Waals surface area contributed by atoms with Crippen molar-refractivity contribution in [2.45, 2.75) is 11.9 Å². The Labute approximate surface area is 184 Å². The number of benzene rings is 3. The molecule has 3 aromatic carbocycles. The molecule has 7 nitrogen and oxygen atoms in total. The fraction of sp³-hybridized carbons (Fsp3) is 0.0909. The normalized spacial score (nSPS) is 11.5. The molecule has 9 heteroatoms. The average Bonchev–Trinajstić information content (AvgIpc) is 3.08. The Kier molecular flexibility index (Phi) is 5.43. The average molecular weight is 456 g/mol. The van der Waals surface area contributed by atoms with Crippen LogP contribution in [0.4, 0.5) is 5.69 Å². The van der Waals surface area contributed by atoms with Gasteiger partial charge in [-0.05, 0) is 41.5 Å². The molecule has 0 aliphatic heterocycles. The van der Waals surface area contributed by atoms with E-state index < -0.39 is 21.1 Å². The highest BCUT2D eigenvalue weighted by molar-refractivity contribution is 7.87. The predicted molar refractivity (Wildman–Crippen MR) is 119 cm³/mol. The first-order valence-corrected chi connectivity index (χ1v) is 11.1. The third-order valence-corrected chi connectivity index (χ3v) is 6.49. The van der Waals surface area contributed by atoms with Crippen molar-refractivity contribution in [1.82, 2.24) is 9.55 Å². The van der Waals surface area contributed by atoms with Gasteiger partial charge in [0.2, 0.25) is 5.03 Å². The Hall–Kier alpha value is -3.36. The number of para-hydroxylation sites is 1. The SMILES string of the molecule is Cc1ccccc1NC(=O)c1cc2ccccc2cc1OS(=O)(=O)c1ncn(C)c1Cl. The summed E-state index contributed by atoms with van der Waals surface area (Å²) in [5, 5.41) is 3.78. The van der Waals surface area contributed by atoms with Gasteiger partial charge in [0.25, 0.3) is 5.91 Å². The lowest BCUT2D eigenvalue weighted by Crippen LogP contribution is -2.17. The minimum atomic E-state index is -4.37. The van der Waals surface area contributed by atoms with Crippen molar-refractivity contribution in [1.29, 1.82) is 0 Å². The summed E-state index contributed by atoms with van der Waals surface area (Å²) in [7, 11) is -2.81. The van der Waals surface area contributed by atoms with E-state index in [0.717, 1.165) is 10.9 Å². The molecule has 0 saturated heterocycles. The summed E-state index contributed by atoms with van der Waals surface area (Å²) in [6.07, 6.45) is 1.27. The molecule has 1 N–H and O–H groups in total. The number of aromatic nitrogens is 2. The first-order valence-electron chi connectivity index (χ1n) is 9.27. The Morgan fingerprint density at radius 2 is 1.71 bits per heavy atom. The largest absolute Gasteiger partial charge is 0.377 e. The predicted octanol–water partition coefficient (Wildman–Crippen LogP) is 4.56. The molecular formula is C22H18ClN3O4S. The van der Waals surface area contributed by atoms with E-state index in [1.807, 2.05) is 37.3 Å². The number of nitrogens with zero attached hydrogens (tertiary/aromatic N) is 2. The van der Waals surface area contributed by atoms with Crippen molar-refractivity contribution in [2.75, 3.05) is 5.32 Å². The first kappa shape index (κ1) is 20.9. The van der Waals surface area contributed by atoms with Crippen LogP contribution in [0, 0.1) is 6.92 Å². The van der Waals surface area contributed by atoms with E-state index in [9.17, 15) is 13.2 Å². The van der Waals surface area contributed by atoms with Gasteiger partial charge in [-0.3, -0.25) is 4.79 Å². The molecule has 0 radical (unpaired) electrons. The molecule has 158 valence electrons. The van der Waals surface area contributed by atoms with Gasteiger partial charge in [-0.15, -0.1) is 0 Å². The van der Waals surface area contributed by atoms with Gasteiger partial charge < -0.3 is 14.1 Å². The van der Waals surface area contributed by atoms with Crippen LogP contribution >= 0.6 is 11.6 Å². The molecular weight excluding hydrogens is 438 g/mol. The summed E-state index contributed by atoms with van der Waals surface area (Å²) in [5.41, 5.74) is 1.55. The maximum atomic E-state index is 13.1. The van der Waals surface area contributed by atoms with Crippen LogP contribution in [0.2, 0.25) is 5.15 Å². The van der Waals surface area contributed by atoms with E-state index in [4.69, 9.17) is 15.8 Å². The van der Waals surface area contributed by atoms with E-state index >= 15 is 0 Å². The van der Waals surface area contributed by atoms with E-state index in [-0.39, 0.29) is 16.5 Å². The fourth-order valence-electron chi connectivity index (χ4n) is 3.09. The Balaban J connectivity index is 1.79. The molecule has 4 aromatic rings. The molecule has 1 heterocycles. The molecule has 0 aliphatic carbocycles. The topological polar surface area (TPSA) is 90.3 Å². The molecule has 0 bridgehead atoms. The van der Waals surface area contributed by atoms with Gasteiger partial charge in [-0.1, -0.05) is 54.1 Å². The minimum absolute atomic E-state index is 0.0672. The molecule has 31 heavy (non-hydrogen) atoms. The fourth-order valence-corrected chi connectivity index (χ4v) is 4.44. The van der Waals surface area contributed by atoms with Gasteiger partial charge in [0.15, 0.2) is 10.9 Å². The lowest BCUT2D eigenvalue weighted by atomic mass is 10.1. The van der Waals surface area contributed by atoms with Crippen molar-refractivity contribution in [3.63, 3.8) is 0 Å². The zero-order valence-electron chi connectivity index (χ0n) is 16.7. The Bertz CT molecular complexity index is 1410. The maximum absolute atomic E-state index is 13.1. The number of carbonyl (C=O) groups excluding carboxylic acids is 1. The summed E-state index contributed by atoms with van der Waals surface area (Å²) in [4.78, 5) is 16.9. The second-order valence-electron chi connectivity index (χ2n) is 6.95. The van der Waals surface area contributed by atoms with E-state index in [1.165, 1.54) is 17.0 Å². The number of hydrogen-bond donors (Lipinski definition) is 1. The van der Waals surface area contributed by atoms with Gasteiger partial charge >= 0.3 is 10.1 Å². The molecule has 0 saturated carbocycles. The van der Waals surface area contributed by atoms with Crippen LogP contribution in [0.15, 0.2) is 72.0 Å². The highest BCUT2D eigenvalue weighted by Gasteiger charge is 2.27. The van der Waals surface area contributed by atoms with Crippen molar-refractivity contribution in [2.24, 2.45) is 7.05 Å². The molecule has 0 fully saturated rings. The van der Waals surface area contributed by atoms with Crippen molar-refractivity contribution in [3.8, 4) is 5.75 Å². The van der Waals surface area contributed by atoms with Crippen LogP contribution in [0.3, 0.4) is 0 Å². The van der Waals surface area contributed by atoms with Crippen molar-refractivity contribution < 1.29 is 17.4 Å². The molecule has 0 unspecified atom stereocenters. The maximum Gasteiger partial charge on any atom is 0.360 e. The smallest absolute Gasteiger partial charge is 0.360 e. The second kappa shape index (κ2) is 8.05. The van der Waals surface area contributed by atoms with Gasteiger partial charge in [0.05, 0.1) is 11.9 Å². The van der Waals surface area contributed by atoms with Crippen molar-refractivity contribution in [3.05, 3.63) is 83.3 Å². The zero-order chi connectivity index (χ0) is 22.2. The number of rotatable bonds is 5. The van der Waals surface area contributed by atoms with E-state index in [2.05, 4.69) is 10.3 Å². The number of nitrogens with one attached hydrogen (secondary N) is 1. The van der Waals surface area contributed by atoms with Crippen LogP contribution in [-0.2, 0) is 17.2 Å². The lowest BCUT2D eigenvalue weighted by molar-refractivity contribution is 0.102. The second-order valence-corrected chi connectivity index (χ2v) is 8.77. The van der Waals surface area contributed by atoms with Crippen LogP contribution in [0.5, 0.6) is 5.75 Å². The third kappa shape index (κ3) is 4.12. The molecule has 4 rings (SSSR count). The molecule has 0 aliphatic rings. The van der Waals surface area contributed by atoms with Crippen LogP contribution < -0.4 is 9.50 Å². The zero-order valence-corrected chi connectivity index (χ0v) is 18.2. The third-order valence-electron chi connectivity index (χ3n) is 4.76. The highest BCUT2D eigenvalue weighted by Crippen LogP contribution is 2.31. The number of hydrogen-bond acceptors (Lipinski definition) is 5. The van der Waals surface area contributed by atoms with E-state index in [0.29, 0.717) is 11.1 Å². The van der Waals surface area contributed by atoms with Gasteiger partial charge in [-0.25, -0.2) is 4.98 Å². The minimum Gasteiger partial charge on any atom is -0.377 e. The number of anilines is 1. The summed E-state index contributed by atoms with van der Waals surface area (Å²) in [6, 6.07) is 17.6. The number of carbonyl (C=O) groups is 1. The van der Waals surface area contributed by atoms with Gasteiger partial charge in [0.1, 0.15) is 0 Å². The van der Waals surface area contributed by atoms with Crippen LogP contribution in [0.25, 0.3) is 10.8 Å². The number of halogens is 1. The van der Waals surface area contributed by atoms with Gasteiger partial charge in [0, 0.05) is 12.7 Å². The van der Waals surface area contributed by atoms with Gasteiger partial charge in [-0.2, -0.15) is 8.42 Å². The molecule has 0 atom stereocenters. The summed E-state index contributed by atoms with van der Waals surface area (Å²) in [6.45, 7) is 1.86. The lowest BCUT2D eigenvalue weighted by Gasteiger charge is -2.14. The number of fused-ring (bicyclic) bond motifs is 1. The molecule has 1 amide bonds. The number of imidazole rings is 1. The van der Waals surface area contributed by atoms with Crippen LogP contribution in [0.1, 0.15) is 15.9 Å². The first-order chi connectivity index (χ1) is 14.8. The number of amides is 1. The summed E-state index contributed by atoms with van der Waals surface area (Å²) < 4.78 is 32.4. The highest BCUT2D eigenvalue weighted by atomic mass is 35.5.